The topological polar surface area (TPSA) is 84.3 Å². The van der Waals surface area contributed by atoms with Gasteiger partial charge in [-0.25, -0.2) is 4.98 Å². The molecular formula is C27H26ClF3N4O3S. The van der Waals surface area contributed by atoms with Gasteiger partial charge in [0.25, 0.3) is 11.5 Å². The standard InChI is InChI=1S/C27H26ClF3N4O3S/c28-20-12-18(27(29,30)31)13-35(26(20)38)14-23(36)34-10-8-17(9-11-34)25-33-22(15-39-25)24(37)32-21-7-3-5-16-4-1-2-6-19(16)21/h1-2,4,6,12-13,15,17,21H,3,5,7-11,14H2,(H,32,37). The number of aryl methyl sites for hydroxylation is 1. The van der Waals surface area contributed by atoms with Crippen LogP contribution in [0.2, 0.25) is 5.02 Å². The van der Waals surface area contributed by atoms with Gasteiger partial charge in [0.2, 0.25) is 5.91 Å². The molecule has 2 amide bonds. The lowest BCUT2D eigenvalue weighted by atomic mass is 9.88. The van der Waals surface area contributed by atoms with Crippen molar-refractivity contribution >= 4 is 34.8 Å². The molecular weight excluding hydrogens is 553 g/mol. The zero-order chi connectivity index (χ0) is 27.7. The second kappa shape index (κ2) is 11.1. The first-order chi connectivity index (χ1) is 18.6. The van der Waals surface area contributed by atoms with Crippen molar-refractivity contribution in [2.45, 2.75) is 56.8 Å². The lowest BCUT2D eigenvalue weighted by Gasteiger charge is -2.31. The molecule has 206 valence electrons. The van der Waals surface area contributed by atoms with E-state index in [4.69, 9.17) is 11.6 Å². The van der Waals surface area contributed by atoms with Gasteiger partial charge in [-0.2, -0.15) is 13.2 Å². The van der Waals surface area contributed by atoms with Crippen LogP contribution < -0.4 is 10.9 Å². The van der Waals surface area contributed by atoms with E-state index in [9.17, 15) is 27.6 Å². The number of aromatic nitrogens is 2. The molecule has 2 aromatic heterocycles. The van der Waals surface area contributed by atoms with Crippen LogP contribution in [0.4, 0.5) is 13.2 Å². The smallest absolute Gasteiger partial charge is 0.344 e. The number of carbonyl (C=O) groups excluding carboxylic acids is 2. The quantitative estimate of drug-likeness (QED) is 0.452. The lowest BCUT2D eigenvalue weighted by molar-refractivity contribution is -0.139. The summed E-state index contributed by atoms with van der Waals surface area (Å²) in [5.41, 5.74) is 0.847. The highest BCUT2D eigenvalue weighted by Gasteiger charge is 2.33. The molecule has 0 saturated carbocycles. The number of carbonyl (C=O) groups is 2. The molecule has 1 aliphatic heterocycles. The van der Waals surface area contributed by atoms with E-state index in [2.05, 4.69) is 22.4 Å². The van der Waals surface area contributed by atoms with Crippen molar-refractivity contribution < 1.29 is 22.8 Å². The van der Waals surface area contributed by atoms with Gasteiger partial charge in [0.1, 0.15) is 17.3 Å². The molecule has 5 rings (SSSR count). The molecule has 1 atom stereocenters. The maximum absolute atomic E-state index is 13.1. The second-order valence-electron chi connectivity index (χ2n) is 9.85. The predicted molar refractivity (Wildman–Crippen MR) is 141 cm³/mol. The van der Waals surface area contributed by atoms with Gasteiger partial charge >= 0.3 is 6.18 Å². The minimum absolute atomic E-state index is 0.0407. The number of fused-ring (bicyclic) bond motifs is 1. The fourth-order valence-electron chi connectivity index (χ4n) is 5.21. The minimum atomic E-state index is -4.69. The summed E-state index contributed by atoms with van der Waals surface area (Å²) in [5.74, 6) is -0.614. The molecule has 1 unspecified atom stereocenters. The Morgan fingerprint density at radius 2 is 1.90 bits per heavy atom. The minimum Gasteiger partial charge on any atom is -0.344 e. The average Bonchev–Trinajstić information content (AvgIpc) is 3.41. The van der Waals surface area contributed by atoms with Crippen LogP contribution in [0.3, 0.4) is 0 Å². The molecule has 1 N–H and O–H groups in total. The van der Waals surface area contributed by atoms with E-state index in [-0.39, 0.29) is 17.9 Å². The van der Waals surface area contributed by atoms with Crippen molar-refractivity contribution in [2.24, 2.45) is 0 Å². The first-order valence-corrected chi connectivity index (χ1v) is 13.9. The van der Waals surface area contributed by atoms with E-state index in [1.807, 2.05) is 12.1 Å². The number of rotatable bonds is 5. The molecule has 3 aromatic rings. The molecule has 7 nitrogen and oxygen atoms in total. The van der Waals surface area contributed by atoms with Crippen LogP contribution in [0.25, 0.3) is 0 Å². The second-order valence-corrected chi connectivity index (χ2v) is 11.1. The van der Waals surface area contributed by atoms with Gasteiger partial charge in [-0.3, -0.25) is 14.4 Å². The normalized spacial score (nSPS) is 18.1. The summed E-state index contributed by atoms with van der Waals surface area (Å²) in [4.78, 5) is 44.0. The molecule has 0 radical (unpaired) electrons. The maximum atomic E-state index is 13.1. The number of alkyl halides is 3. The van der Waals surface area contributed by atoms with E-state index in [1.165, 1.54) is 21.8 Å². The van der Waals surface area contributed by atoms with Crippen LogP contribution in [0.15, 0.2) is 46.7 Å². The molecule has 1 aromatic carbocycles. The van der Waals surface area contributed by atoms with Crippen molar-refractivity contribution in [2.75, 3.05) is 13.1 Å². The van der Waals surface area contributed by atoms with Crippen molar-refractivity contribution in [3.8, 4) is 0 Å². The Morgan fingerprint density at radius 3 is 2.64 bits per heavy atom. The third-order valence-corrected chi connectivity index (χ3v) is 8.58. The van der Waals surface area contributed by atoms with Gasteiger partial charge in [-0.15, -0.1) is 11.3 Å². The van der Waals surface area contributed by atoms with E-state index in [1.54, 1.807) is 5.38 Å². The summed E-state index contributed by atoms with van der Waals surface area (Å²) < 4.78 is 40.0. The molecule has 3 heterocycles. The van der Waals surface area contributed by atoms with Crippen LogP contribution in [-0.2, 0) is 23.9 Å². The summed E-state index contributed by atoms with van der Waals surface area (Å²) in [6.45, 7) is 0.203. The van der Waals surface area contributed by atoms with E-state index >= 15 is 0 Å². The number of halogens is 4. The maximum Gasteiger partial charge on any atom is 0.417 e. The summed E-state index contributed by atoms with van der Waals surface area (Å²) in [6.07, 6.45) is 0.0119. The van der Waals surface area contributed by atoms with Gasteiger partial charge in [0.15, 0.2) is 0 Å². The molecule has 1 aliphatic carbocycles. The molecule has 12 heteroatoms. The van der Waals surface area contributed by atoms with E-state index in [0.29, 0.717) is 48.5 Å². The fraction of sp³-hybridized carbons (Fsp3) is 0.407. The fourth-order valence-corrected chi connectivity index (χ4v) is 6.41. The Balaban J connectivity index is 1.18. The average molecular weight is 579 g/mol. The van der Waals surface area contributed by atoms with E-state index in [0.717, 1.165) is 29.8 Å². The van der Waals surface area contributed by atoms with Crippen LogP contribution in [0.5, 0.6) is 0 Å². The highest BCUT2D eigenvalue weighted by Crippen LogP contribution is 2.33. The largest absolute Gasteiger partial charge is 0.417 e. The first kappa shape index (κ1) is 27.4. The number of hydrogen-bond acceptors (Lipinski definition) is 5. The molecule has 0 bridgehead atoms. The monoisotopic (exact) mass is 578 g/mol. The summed E-state index contributed by atoms with van der Waals surface area (Å²) in [7, 11) is 0. The number of benzene rings is 1. The van der Waals surface area contributed by atoms with Gasteiger partial charge in [0.05, 0.1) is 16.6 Å². The Morgan fingerprint density at radius 1 is 1.15 bits per heavy atom. The Labute approximate surface area is 231 Å². The Bertz CT molecular complexity index is 1450. The number of nitrogens with one attached hydrogen (secondary N) is 1. The Kier molecular flexibility index (Phi) is 7.82. The Hall–Kier alpha value is -3.18. The molecule has 0 spiro atoms. The van der Waals surface area contributed by atoms with Crippen LogP contribution in [0, 0.1) is 0 Å². The highest BCUT2D eigenvalue weighted by molar-refractivity contribution is 7.09. The van der Waals surface area contributed by atoms with Crippen molar-refractivity contribution in [3.05, 3.63) is 84.7 Å². The number of thiazole rings is 1. The zero-order valence-corrected chi connectivity index (χ0v) is 22.4. The third-order valence-electron chi connectivity index (χ3n) is 7.30. The van der Waals surface area contributed by atoms with E-state index < -0.39 is 34.8 Å². The number of pyridine rings is 1. The number of piperidine rings is 1. The summed E-state index contributed by atoms with van der Waals surface area (Å²) in [6, 6.07) is 8.66. The van der Waals surface area contributed by atoms with Crippen molar-refractivity contribution in [3.63, 3.8) is 0 Å². The lowest BCUT2D eigenvalue weighted by Crippen LogP contribution is -2.41. The van der Waals surface area contributed by atoms with Crippen LogP contribution in [-0.4, -0.2) is 39.4 Å². The number of likely N-dealkylation sites (tertiary alicyclic amines) is 1. The van der Waals surface area contributed by atoms with Gasteiger partial charge in [0, 0.05) is 30.6 Å². The van der Waals surface area contributed by atoms with Gasteiger partial charge in [-0.05, 0) is 49.3 Å². The molecule has 1 fully saturated rings. The van der Waals surface area contributed by atoms with Crippen LogP contribution in [0.1, 0.15) is 69.8 Å². The predicted octanol–water partition coefficient (Wildman–Crippen LogP) is 5.19. The zero-order valence-electron chi connectivity index (χ0n) is 20.8. The van der Waals surface area contributed by atoms with Gasteiger partial charge < -0.3 is 14.8 Å². The molecule has 2 aliphatic rings. The highest BCUT2D eigenvalue weighted by atomic mass is 35.5. The van der Waals surface area contributed by atoms with Crippen molar-refractivity contribution in [1.29, 1.82) is 0 Å². The third kappa shape index (κ3) is 6.04. The number of nitrogens with zero attached hydrogens (tertiary/aromatic N) is 3. The first-order valence-electron chi connectivity index (χ1n) is 12.7. The SMILES string of the molecule is O=C(NC1CCCc2ccccc21)c1csc(C2CCN(C(=O)Cn3cc(C(F)(F)F)cc(Cl)c3=O)CC2)n1. The summed E-state index contributed by atoms with van der Waals surface area (Å²) >= 11 is 7.10. The van der Waals surface area contributed by atoms with Gasteiger partial charge in [-0.1, -0.05) is 35.9 Å². The molecule has 1 saturated heterocycles. The number of amides is 2. The summed E-state index contributed by atoms with van der Waals surface area (Å²) in [5, 5.41) is 5.10. The van der Waals surface area contributed by atoms with Crippen LogP contribution >= 0.6 is 22.9 Å². The number of hydrogen-bond donors (Lipinski definition) is 1. The van der Waals surface area contributed by atoms with Crippen molar-refractivity contribution in [1.82, 2.24) is 19.8 Å². The molecule has 39 heavy (non-hydrogen) atoms.